The van der Waals surface area contributed by atoms with Crippen LogP contribution in [0, 0.1) is 26.0 Å². The summed E-state index contributed by atoms with van der Waals surface area (Å²) < 4.78 is 30.0. The molecule has 4 heterocycles. The van der Waals surface area contributed by atoms with Crippen molar-refractivity contribution in [1.29, 1.82) is 0 Å². The maximum absolute atomic E-state index is 14.6. The minimum Gasteiger partial charge on any atom is -0.511 e. The Kier molecular flexibility index (Phi) is 8.08. The number of ether oxygens (including phenoxy) is 1. The Morgan fingerprint density at radius 1 is 0.828 bits per heavy atom. The van der Waals surface area contributed by atoms with Gasteiger partial charge in [0.1, 0.15) is 28.3 Å². The average molecular weight is 944 g/mol. The van der Waals surface area contributed by atoms with E-state index in [-0.39, 0.29) is 37.8 Å². The van der Waals surface area contributed by atoms with Gasteiger partial charge in [-0.2, -0.15) is 6.07 Å². The molecule has 7 heteroatoms. The quantitative estimate of drug-likeness (QED) is 0.130. The van der Waals surface area contributed by atoms with E-state index in [9.17, 15) is 7.54 Å². The number of aliphatic imine (C=N–C) groups is 1. The predicted molar refractivity (Wildman–Crippen MR) is 233 cm³/mol. The summed E-state index contributed by atoms with van der Waals surface area (Å²) in [6, 6.07) is 37.9. The van der Waals surface area contributed by atoms with Gasteiger partial charge in [-0.05, 0) is 96.6 Å². The first-order valence-corrected chi connectivity index (χ1v) is 19.8. The zero-order valence-corrected chi connectivity index (χ0v) is 36.5. The smallest absolute Gasteiger partial charge is 0.511 e. The van der Waals surface area contributed by atoms with Gasteiger partial charge in [-0.1, -0.05) is 111 Å². The van der Waals surface area contributed by atoms with Gasteiger partial charge in [0.2, 0.25) is 0 Å². The number of aryl methyl sites for hydroxylation is 2. The van der Waals surface area contributed by atoms with Gasteiger partial charge in [0.15, 0.2) is 0 Å². The molecule has 0 N–H and O–H groups in total. The third-order valence-corrected chi connectivity index (χ3v) is 12.4. The Balaban J connectivity index is 0.00000462. The number of para-hydroxylation sites is 1. The summed E-state index contributed by atoms with van der Waals surface area (Å²) in [5.41, 5.74) is 7.69. The molecule has 5 aromatic carbocycles. The minimum absolute atomic E-state index is 0. The SMILES string of the molecule is [2H]C1([2H])c2c(C)cccc2[C@@]2(C)N=C(c3[c-]c(-n4c5[c-]c6c(cc5c(=O)c5ccccc54)c4cc(C)ccc4n6-c4cc(C(C)(C)C)ccn4)cc(C(C)C)c3)O[C@@]12C.[Pt+2]. The van der Waals surface area contributed by atoms with E-state index >= 15 is 0 Å². The van der Waals surface area contributed by atoms with E-state index in [1.54, 1.807) is 0 Å². The molecule has 58 heavy (non-hydrogen) atoms. The van der Waals surface area contributed by atoms with Crippen LogP contribution in [0.15, 0.2) is 107 Å². The topological polar surface area (TPSA) is 61.4 Å². The Bertz CT molecular complexity index is 3230. The van der Waals surface area contributed by atoms with Crippen molar-refractivity contribution in [3.63, 3.8) is 0 Å². The molecule has 6 nitrogen and oxygen atoms in total. The van der Waals surface area contributed by atoms with Gasteiger partial charge in [0.25, 0.3) is 0 Å². The predicted octanol–water partition coefficient (Wildman–Crippen LogP) is 11.3. The van der Waals surface area contributed by atoms with Crippen LogP contribution in [0.4, 0.5) is 0 Å². The number of nitrogens with zero attached hydrogens (tertiary/aromatic N) is 4. The molecule has 0 fully saturated rings. The van der Waals surface area contributed by atoms with Crippen molar-refractivity contribution >= 4 is 49.5 Å². The molecule has 10 rings (SSSR count). The molecule has 0 bridgehead atoms. The molecule has 3 aromatic heterocycles. The molecule has 0 amide bonds. The van der Waals surface area contributed by atoms with E-state index in [0.29, 0.717) is 39.0 Å². The molecular formula is C51H46N4O2Pt. The fraction of sp³-hybridized carbons (Fsp3) is 0.275. The van der Waals surface area contributed by atoms with Gasteiger partial charge in [0.05, 0.1) is 5.52 Å². The molecule has 2 atom stereocenters. The van der Waals surface area contributed by atoms with Crippen molar-refractivity contribution in [2.75, 3.05) is 0 Å². The van der Waals surface area contributed by atoms with Crippen LogP contribution in [0.2, 0.25) is 0 Å². The first kappa shape index (κ1) is 35.8. The largest absolute Gasteiger partial charge is 2.00 e. The number of rotatable bonds is 4. The van der Waals surface area contributed by atoms with Crippen molar-refractivity contribution in [1.82, 2.24) is 14.1 Å². The number of aromatic nitrogens is 3. The second-order valence-corrected chi connectivity index (χ2v) is 17.6. The zero-order valence-electron chi connectivity index (χ0n) is 36.2. The van der Waals surface area contributed by atoms with Gasteiger partial charge in [-0.25, -0.2) is 4.98 Å². The molecule has 1 aliphatic heterocycles. The van der Waals surface area contributed by atoms with Gasteiger partial charge >= 0.3 is 21.1 Å². The van der Waals surface area contributed by atoms with E-state index in [2.05, 4.69) is 105 Å². The number of hydrogen-bond donors (Lipinski definition) is 0. The van der Waals surface area contributed by atoms with Crippen LogP contribution < -0.4 is 5.43 Å². The van der Waals surface area contributed by atoms with Gasteiger partial charge in [-0.3, -0.25) is 4.99 Å². The number of fused-ring (bicyclic) bond motifs is 8. The molecule has 1 aliphatic carbocycles. The van der Waals surface area contributed by atoms with Crippen LogP contribution in [-0.4, -0.2) is 25.6 Å². The third-order valence-electron chi connectivity index (χ3n) is 12.4. The van der Waals surface area contributed by atoms with Crippen LogP contribution in [0.1, 0.15) is 96.1 Å². The molecule has 8 aromatic rings. The van der Waals surface area contributed by atoms with Gasteiger partial charge in [-0.15, -0.1) is 35.2 Å². The van der Waals surface area contributed by atoms with Crippen LogP contribution in [0.3, 0.4) is 0 Å². The fourth-order valence-corrected chi connectivity index (χ4v) is 8.89. The fourth-order valence-electron chi connectivity index (χ4n) is 8.89. The van der Waals surface area contributed by atoms with E-state index < -0.39 is 17.5 Å². The molecule has 2 aliphatic rings. The van der Waals surface area contributed by atoms with Crippen molar-refractivity contribution in [3.8, 4) is 11.5 Å². The maximum atomic E-state index is 14.6. The van der Waals surface area contributed by atoms with Crippen LogP contribution in [-0.2, 0) is 43.1 Å². The molecule has 292 valence electrons. The summed E-state index contributed by atoms with van der Waals surface area (Å²) in [5.74, 6) is 1.24. The number of benzene rings is 5. The average Bonchev–Trinajstić information content (AvgIpc) is 3.72. The van der Waals surface area contributed by atoms with Crippen molar-refractivity contribution in [2.24, 2.45) is 4.99 Å². The first-order valence-electron chi connectivity index (χ1n) is 20.8. The molecule has 0 radical (unpaired) electrons. The van der Waals surface area contributed by atoms with Crippen molar-refractivity contribution in [3.05, 3.63) is 158 Å². The molecule has 0 spiro atoms. The molecular weight excluding hydrogens is 896 g/mol. The summed E-state index contributed by atoms with van der Waals surface area (Å²) in [4.78, 5) is 24.8. The summed E-state index contributed by atoms with van der Waals surface area (Å²) in [6.45, 7) is 18.7. The van der Waals surface area contributed by atoms with E-state index in [1.165, 1.54) is 0 Å². The van der Waals surface area contributed by atoms with Crippen molar-refractivity contribution < 1.29 is 28.5 Å². The maximum Gasteiger partial charge on any atom is 2.00 e. The first-order chi connectivity index (χ1) is 27.9. The van der Waals surface area contributed by atoms with E-state index in [0.717, 1.165) is 61.0 Å². The normalized spacial score (nSPS) is 20.2. The second-order valence-electron chi connectivity index (χ2n) is 17.6. The van der Waals surface area contributed by atoms with Crippen molar-refractivity contribution in [2.45, 2.75) is 91.2 Å². The Hall–Kier alpha value is -5.32. The Morgan fingerprint density at radius 2 is 1.59 bits per heavy atom. The summed E-state index contributed by atoms with van der Waals surface area (Å²) in [6.07, 6.45) is 0.0596. The van der Waals surface area contributed by atoms with Gasteiger partial charge < -0.3 is 18.7 Å². The van der Waals surface area contributed by atoms with E-state index in [1.807, 2.05) is 75.5 Å². The molecule has 0 saturated carbocycles. The molecule has 0 unspecified atom stereocenters. The van der Waals surface area contributed by atoms with Crippen LogP contribution in [0.25, 0.3) is 55.1 Å². The number of pyridine rings is 2. The zero-order chi connectivity index (χ0) is 41.6. The summed E-state index contributed by atoms with van der Waals surface area (Å²) >= 11 is 0. The third kappa shape index (κ3) is 5.51. The minimum atomic E-state index is -1.81. The van der Waals surface area contributed by atoms with Gasteiger partial charge in [0, 0.05) is 26.2 Å². The standard InChI is InChI=1S/C51H46N4O2.Pt/c1-29(2)32-22-33(48-53-51(9)41-15-12-13-31(4)40(41)28-50(51,8)57-48)24-35(23-32)54-42-16-11-10-14-36(42)47(56)39-26-38-37-21-30(3)17-18-43(37)55(44(38)27-45(39)54)46-25-34(19-20-52-46)49(5,6)7;/h10-23,25-26,29H,28H2,1-9H3;/q-2;+2/t50-,51+;/m0./s1/i28D2;. The number of hydrogen-bond acceptors (Lipinski definition) is 4. The summed E-state index contributed by atoms with van der Waals surface area (Å²) in [5, 5.41) is 3.07. The van der Waals surface area contributed by atoms with Crippen LogP contribution >= 0.6 is 0 Å². The van der Waals surface area contributed by atoms with E-state index in [4.69, 9.17) is 14.7 Å². The Labute approximate surface area is 356 Å². The summed E-state index contributed by atoms with van der Waals surface area (Å²) in [7, 11) is 0. The second kappa shape index (κ2) is 13.1. The molecule has 0 saturated heterocycles. The monoisotopic (exact) mass is 943 g/mol. The van der Waals surface area contributed by atoms with Crippen LogP contribution in [0.5, 0.6) is 0 Å². The Morgan fingerprint density at radius 3 is 2.36 bits per heavy atom.